The predicted octanol–water partition coefficient (Wildman–Crippen LogP) is 5.47. The van der Waals surface area contributed by atoms with Crippen LogP contribution in [0.5, 0.6) is 0 Å². The van der Waals surface area contributed by atoms with Crippen molar-refractivity contribution in [3.8, 4) is 12.1 Å². The largest absolute Gasteiger partial charge is 0.198 e. The fourth-order valence-corrected chi connectivity index (χ4v) is 3.20. The summed E-state index contributed by atoms with van der Waals surface area (Å²) in [6.45, 7) is 12.3. The van der Waals surface area contributed by atoms with Crippen LogP contribution in [0.3, 0.4) is 0 Å². The van der Waals surface area contributed by atoms with Gasteiger partial charge in [-0.1, -0.05) is 12.8 Å². The first kappa shape index (κ1) is 21.2. The Morgan fingerprint density at radius 2 is 1.80 bits per heavy atom. The average Bonchev–Trinajstić information content (AvgIpc) is 2.52. The van der Waals surface area contributed by atoms with E-state index in [1.165, 1.54) is 0 Å². The molecule has 3 unspecified atom stereocenters. The van der Waals surface area contributed by atoms with Gasteiger partial charge < -0.3 is 0 Å². The Labute approximate surface area is 152 Å². The third-order valence-corrected chi connectivity index (χ3v) is 4.36. The number of hydrogen-bond donors (Lipinski definition) is 0. The minimum Gasteiger partial charge on any atom is -0.198 e. The fourth-order valence-electron chi connectivity index (χ4n) is 3.20. The van der Waals surface area contributed by atoms with Gasteiger partial charge in [0.05, 0.1) is 47.1 Å². The molecule has 0 bridgehead atoms. The third-order valence-electron chi connectivity index (χ3n) is 4.36. The topological polar surface area (TPSA) is 97.0 Å². The maximum absolute atomic E-state index is 9.69. The van der Waals surface area contributed by atoms with Crippen molar-refractivity contribution in [1.29, 1.82) is 10.5 Å². The van der Waals surface area contributed by atoms with Crippen LogP contribution in [-0.4, -0.2) is 23.2 Å². The summed E-state index contributed by atoms with van der Waals surface area (Å²) >= 11 is 0. The average molecular weight is 345 g/mol. The molecule has 0 radical (unpaired) electrons. The van der Waals surface area contributed by atoms with Gasteiger partial charge in [0.1, 0.15) is 0 Å². The van der Waals surface area contributed by atoms with Crippen LogP contribution in [-0.2, 0) is 0 Å². The molecule has 25 heavy (non-hydrogen) atoms. The van der Waals surface area contributed by atoms with Gasteiger partial charge in [-0.15, -0.1) is 0 Å². The fraction of sp³-hybridized carbons (Fsp3) is 0.895. The van der Waals surface area contributed by atoms with Crippen molar-refractivity contribution in [3.05, 3.63) is 0 Å². The Morgan fingerprint density at radius 3 is 2.36 bits per heavy atom. The van der Waals surface area contributed by atoms with E-state index in [1.807, 2.05) is 41.5 Å². The molecule has 0 aromatic carbocycles. The highest BCUT2D eigenvalue weighted by Gasteiger charge is 2.45. The molecule has 1 saturated carbocycles. The molecule has 138 valence electrons. The molecule has 0 amide bonds. The summed E-state index contributed by atoms with van der Waals surface area (Å²) in [5.41, 5.74) is -1.21. The molecule has 0 saturated heterocycles. The Kier molecular flexibility index (Phi) is 7.23. The van der Waals surface area contributed by atoms with Gasteiger partial charge in [-0.05, 0) is 54.4 Å². The van der Waals surface area contributed by atoms with Gasteiger partial charge in [-0.3, -0.25) is 0 Å². The third kappa shape index (κ3) is 6.90. The van der Waals surface area contributed by atoms with Crippen LogP contribution in [0.15, 0.2) is 20.5 Å². The lowest BCUT2D eigenvalue weighted by molar-refractivity contribution is 0.172. The lowest BCUT2D eigenvalue weighted by Crippen LogP contribution is -2.43. The van der Waals surface area contributed by atoms with E-state index < -0.39 is 11.1 Å². The van der Waals surface area contributed by atoms with Crippen LogP contribution in [0, 0.1) is 34.5 Å². The minimum atomic E-state index is -0.496. The molecule has 0 aliphatic heterocycles. The zero-order valence-corrected chi connectivity index (χ0v) is 16.6. The van der Waals surface area contributed by atoms with Crippen molar-refractivity contribution in [3.63, 3.8) is 0 Å². The van der Waals surface area contributed by atoms with Crippen molar-refractivity contribution < 1.29 is 0 Å². The molecule has 0 N–H and O–H groups in total. The highest BCUT2D eigenvalue weighted by Crippen LogP contribution is 2.43. The quantitative estimate of drug-likeness (QED) is 0.597. The Balaban J connectivity index is 3.06. The molecule has 1 aliphatic rings. The second-order valence-corrected chi connectivity index (χ2v) is 8.85. The van der Waals surface area contributed by atoms with E-state index in [0.717, 1.165) is 25.7 Å². The molecule has 0 aromatic rings. The SMILES string of the molecule is CC(C#N)CN=NC(C)(C)CC1(N=NC(C)(C)C)CCCCC1C#N. The molecule has 6 heteroatoms. The number of hydrogen-bond acceptors (Lipinski definition) is 6. The lowest BCUT2D eigenvalue weighted by Gasteiger charge is -2.40. The second-order valence-electron chi connectivity index (χ2n) is 8.85. The van der Waals surface area contributed by atoms with Gasteiger partial charge in [-0.2, -0.15) is 31.0 Å². The van der Waals surface area contributed by atoms with E-state index in [0.29, 0.717) is 13.0 Å². The number of rotatable bonds is 6. The van der Waals surface area contributed by atoms with Crippen molar-refractivity contribution >= 4 is 0 Å². The van der Waals surface area contributed by atoms with Crippen molar-refractivity contribution in [2.24, 2.45) is 32.3 Å². The maximum atomic E-state index is 9.69. The molecule has 0 spiro atoms. The first-order valence-electron chi connectivity index (χ1n) is 9.15. The first-order chi connectivity index (χ1) is 11.5. The minimum absolute atomic E-state index is 0.139. The van der Waals surface area contributed by atoms with Crippen LogP contribution in [0.1, 0.15) is 73.6 Å². The van der Waals surface area contributed by atoms with Crippen molar-refractivity contribution in [2.75, 3.05) is 6.54 Å². The summed E-state index contributed by atoms with van der Waals surface area (Å²) in [7, 11) is 0. The molecule has 3 atom stereocenters. The molecule has 1 aliphatic carbocycles. The summed E-state index contributed by atoms with van der Waals surface area (Å²) < 4.78 is 0. The van der Waals surface area contributed by atoms with E-state index in [9.17, 15) is 5.26 Å². The maximum Gasteiger partial charge on any atom is 0.0996 e. The van der Waals surface area contributed by atoms with E-state index in [2.05, 4.69) is 27.5 Å². The van der Waals surface area contributed by atoms with Crippen molar-refractivity contribution in [2.45, 2.75) is 90.3 Å². The highest BCUT2D eigenvalue weighted by atomic mass is 15.2. The second kappa shape index (κ2) is 8.52. The first-order valence-corrected chi connectivity index (χ1v) is 9.15. The van der Waals surface area contributed by atoms with Crippen LogP contribution >= 0.6 is 0 Å². The van der Waals surface area contributed by atoms with E-state index >= 15 is 0 Å². The van der Waals surface area contributed by atoms with Crippen molar-refractivity contribution in [1.82, 2.24) is 0 Å². The van der Waals surface area contributed by atoms with E-state index in [1.54, 1.807) is 0 Å². The number of nitriles is 2. The lowest BCUT2D eigenvalue weighted by atomic mass is 9.68. The zero-order valence-electron chi connectivity index (χ0n) is 16.6. The molecule has 1 fully saturated rings. The smallest absolute Gasteiger partial charge is 0.0996 e. The summed E-state index contributed by atoms with van der Waals surface area (Å²) in [6.07, 6.45) is 4.48. The Hall–Kier alpha value is -1.82. The van der Waals surface area contributed by atoms with Gasteiger partial charge in [0.25, 0.3) is 0 Å². The monoisotopic (exact) mass is 344 g/mol. The summed E-state index contributed by atoms with van der Waals surface area (Å²) in [5.74, 6) is -0.282. The van der Waals surface area contributed by atoms with E-state index in [4.69, 9.17) is 10.4 Å². The predicted molar refractivity (Wildman–Crippen MR) is 98.1 cm³/mol. The van der Waals surface area contributed by atoms with Gasteiger partial charge in [0, 0.05) is 6.42 Å². The molecule has 0 heterocycles. The summed E-state index contributed by atoms with van der Waals surface area (Å²) in [5, 5.41) is 36.5. The normalized spacial score (nSPS) is 26.5. The van der Waals surface area contributed by atoms with Gasteiger partial charge >= 0.3 is 0 Å². The van der Waals surface area contributed by atoms with Gasteiger partial charge in [0.2, 0.25) is 0 Å². The van der Waals surface area contributed by atoms with E-state index in [-0.39, 0.29) is 17.4 Å². The Bertz CT molecular complexity index is 572. The van der Waals surface area contributed by atoms with Crippen LogP contribution in [0.4, 0.5) is 0 Å². The highest BCUT2D eigenvalue weighted by molar-refractivity contribution is 5.09. The summed E-state index contributed by atoms with van der Waals surface area (Å²) in [6, 6.07) is 4.63. The molecule has 0 aromatic heterocycles. The number of nitrogens with zero attached hydrogens (tertiary/aromatic N) is 6. The summed E-state index contributed by atoms with van der Waals surface area (Å²) in [4.78, 5) is 0. The van der Waals surface area contributed by atoms with Gasteiger partial charge in [0.15, 0.2) is 0 Å². The molecule has 1 rings (SSSR count). The van der Waals surface area contributed by atoms with Crippen LogP contribution in [0.25, 0.3) is 0 Å². The standard InChI is InChI=1S/C19H32N6/c1-15(11-20)13-22-24-18(5,6)14-19(25-23-17(2,3)4)10-8-7-9-16(19)12-21/h15-16H,7-10,13-14H2,1-6H3. The zero-order chi connectivity index (χ0) is 19.1. The Morgan fingerprint density at radius 1 is 1.12 bits per heavy atom. The van der Waals surface area contributed by atoms with Gasteiger partial charge in [-0.25, -0.2) is 0 Å². The molecular weight excluding hydrogens is 312 g/mol. The molecular formula is C19H32N6. The van der Waals surface area contributed by atoms with Crippen LogP contribution < -0.4 is 0 Å². The number of azo groups is 2. The molecule has 6 nitrogen and oxygen atoms in total. The van der Waals surface area contributed by atoms with Crippen LogP contribution in [0.2, 0.25) is 0 Å².